The number of halogens is 5. The molecule has 0 spiro atoms. The van der Waals surface area contributed by atoms with Gasteiger partial charge in [-0.05, 0) is 88.6 Å². The molecule has 14 nitrogen and oxygen atoms in total. The molecule has 3 aliphatic heterocycles. The summed E-state index contributed by atoms with van der Waals surface area (Å²) in [7, 11) is -2.53. The lowest BCUT2D eigenvalue weighted by Crippen LogP contribution is -2.47. The van der Waals surface area contributed by atoms with Gasteiger partial charge in [0.15, 0.2) is 0 Å². The van der Waals surface area contributed by atoms with Crippen LogP contribution >= 0.6 is 0 Å². The number of piperidine rings is 3. The van der Waals surface area contributed by atoms with Crippen molar-refractivity contribution in [3.8, 4) is 0 Å². The summed E-state index contributed by atoms with van der Waals surface area (Å²) in [5, 5.41) is 15.3. The fourth-order valence-electron chi connectivity index (χ4n) is 8.60. The fraction of sp³-hybridized carbons (Fsp3) is 0.537. The normalized spacial score (nSPS) is 26.7. The Hall–Kier alpha value is -4.79. The molecule has 2 amide bonds. The lowest BCUT2D eigenvalue weighted by Gasteiger charge is -2.38. The molecule has 4 fully saturated rings. The number of alkyl halides is 3. The highest BCUT2D eigenvalue weighted by molar-refractivity contribution is 7.89. The summed E-state index contributed by atoms with van der Waals surface area (Å²) < 4.78 is 107. The molecule has 3 saturated heterocycles. The van der Waals surface area contributed by atoms with Gasteiger partial charge in [-0.3, -0.25) is 19.9 Å². The molecule has 1 saturated carbocycles. The van der Waals surface area contributed by atoms with Crippen molar-refractivity contribution < 1.29 is 49.8 Å². The largest absolute Gasteiger partial charge is 0.421 e. The van der Waals surface area contributed by atoms with Gasteiger partial charge >= 0.3 is 6.18 Å². The molecule has 20 heteroatoms. The molecule has 4 aliphatic rings. The number of anilines is 4. The quantitative estimate of drug-likeness (QED) is 0.107. The molecule has 1 aliphatic carbocycles. The second kappa shape index (κ2) is 17.9. The molecule has 4 heterocycles. The Morgan fingerprint density at radius 3 is 2.46 bits per heavy atom. The van der Waals surface area contributed by atoms with Crippen molar-refractivity contribution in [2.45, 2.75) is 105 Å². The molecule has 0 bridgehead atoms. The van der Waals surface area contributed by atoms with Crippen LogP contribution in [0.4, 0.5) is 45.1 Å². The Balaban J connectivity index is 0.912. The molecule has 4 N–H and O–H groups in total. The predicted molar refractivity (Wildman–Crippen MR) is 216 cm³/mol. The number of carbonyl (C=O) groups excluding carboxylic acids is 2. The number of carbonyl (C=O) groups is 2. The minimum atomic E-state index is -4.78. The Kier molecular flexibility index (Phi) is 13.0. The summed E-state index contributed by atoms with van der Waals surface area (Å²) in [6, 6.07) is 7.49. The fourth-order valence-corrected chi connectivity index (χ4v) is 9.91. The van der Waals surface area contributed by atoms with Gasteiger partial charge in [0.1, 0.15) is 23.0 Å². The zero-order valence-electron chi connectivity index (χ0n) is 33.7. The van der Waals surface area contributed by atoms with Gasteiger partial charge in [-0.25, -0.2) is 26.9 Å². The topological polar surface area (TPSA) is 178 Å². The van der Waals surface area contributed by atoms with Crippen LogP contribution in [-0.4, -0.2) is 98.6 Å². The molecule has 0 radical (unpaired) electrons. The van der Waals surface area contributed by atoms with Gasteiger partial charge in [-0.2, -0.15) is 18.2 Å². The number of ether oxygens (including phenoxy) is 1. The number of nitrogens with one attached hydrogen (secondary N) is 3. The maximum atomic E-state index is 15.3. The van der Waals surface area contributed by atoms with Crippen molar-refractivity contribution in [1.29, 1.82) is 0 Å². The highest BCUT2D eigenvalue weighted by atomic mass is 32.2. The first-order chi connectivity index (χ1) is 28.9. The smallest absolute Gasteiger partial charge is 0.388 e. The molecule has 7 rings (SSSR count). The van der Waals surface area contributed by atoms with E-state index in [1.54, 1.807) is 19.2 Å². The van der Waals surface area contributed by atoms with Crippen LogP contribution in [0.25, 0.3) is 0 Å². The van der Waals surface area contributed by atoms with E-state index in [0.717, 1.165) is 12.1 Å². The number of nitrogens with zero attached hydrogens (tertiary/aromatic N) is 5. The standard InChI is InChI=1S/C41H49F5N8O6S/c1-40(57)15-3-16-54(23-40)37-31(41(44,45)46)21-48-39(51-37)49-34-12-9-28(19-33(34)43)61(58,59)52-26-6-4-25(5-7-26)47-20-24-14-17-53(22-35(24)60-2)27-8-10-29(32(42)18-27)30-11-13-36(55)50-38(30)56/h8-10,12,18-21,24-26,30,35,52,57H,3-7,11,13-17,22-23H2,1-2H3,(H,48,49,51)(H,50,55,56)/t24?,25?,26?,30?,35-,40+/m1/s1. The lowest BCUT2D eigenvalue weighted by atomic mass is 9.89. The number of benzene rings is 2. The number of imide groups is 1. The van der Waals surface area contributed by atoms with Crippen molar-refractivity contribution in [3.63, 3.8) is 0 Å². The van der Waals surface area contributed by atoms with E-state index in [1.807, 2.05) is 11.1 Å². The predicted octanol–water partition coefficient (Wildman–Crippen LogP) is 5.59. The third-order valence-electron chi connectivity index (χ3n) is 11.9. The zero-order chi connectivity index (χ0) is 43.7. The van der Waals surface area contributed by atoms with Gasteiger partial charge in [0.2, 0.25) is 27.8 Å². The zero-order valence-corrected chi connectivity index (χ0v) is 34.5. The van der Waals surface area contributed by atoms with Gasteiger partial charge in [-0.15, -0.1) is 0 Å². The Bertz CT molecular complexity index is 2260. The van der Waals surface area contributed by atoms with Crippen LogP contribution in [0.2, 0.25) is 0 Å². The highest BCUT2D eigenvalue weighted by Crippen LogP contribution is 2.38. The summed E-state index contributed by atoms with van der Waals surface area (Å²) in [4.78, 5) is 39.4. The molecule has 1 aromatic heterocycles. The van der Waals surface area contributed by atoms with Crippen LogP contribution in [0, 0.1) is 17.6 Å². The molecule has 61 heavy (non-hydrogen) atoms. The van der Waals surface area contributed by atoms with E-state index in [1.165, 1.54) is 24.0 Å². The monoisotopic (exact) mass is 876 g/mol. The summed E-state index contributed by atoms with van der Waals surface area (Å²) in [5.41, 5.74) is -1.65. The van der Waals surface area contributed by atoms with E-state index in [9.17, 15) is 36.3 Å². The van der Waals surface area contributed by atoms with Crippen molar-refractivity contribution in [2.24, 2.45) is 10.9 Å². The number of hydrogen-bond donors (Lipinski definition) is 4. The lowest BCUT2D eigenvalue weighted by molar-refractivity contribution is -0.138. The second-order valence-corrected chi connectivity index (χ2v) is 18.2. The Morgan fingerprint density at radius 2 is 1.79 bits per heavy atom. The third kappa shape index (κ3) is 10.5. The van der Waals surface area contributed by atoms with E-state index in [-0.39, 0.29) is 72.0 Å². The molecule has 3 aromatic rings. The average Bonchev–Trinajstić information content (AvgIpc) is 3.20. The van der Waals surface area contributed by atoms with E-state index >= 15 is 8.78 Å². The number of sulfonamides is 1. The van der Waals surface area contributed by atoms with Crippen LogP contribution in [0.15, 0.2) is 52.5 Å². The summed E-state index contributed by atoms with van der Waals surface area (Å²) >= 11 is 0. The minimum absolute atomic E-state index is 0.00225. The number of amides is 2. The first-order valence-electron chi connectivity index (χ1n) is 20.3. The summed E-state index contributed by atoms with van der Waals surface area (Å²) in [6.07, 6.45) is 1.66. The summed E-state index contributed by atoms with van der Waals surface area (Å²) in [6.45, 7) is 2.76. The first kappa shape index (κ1) is 44.3. The van der Waals surface area contributed by atoms with Gasteiger partial charge in [0.25, 0.3) is 0 Å². The molecular weight excluding hydrogens is 828 g/mol. The second-order valence-electron chi connectivity index (χ2n) is 16.5. The van der Waals surface area contributed by atoms with Crippen LogP contribution in [-0.2, 0) is 30.5 Å². The van der Waals surface area contributed by atoms with Gasteiger partial charge < -0.3 is 25.0 Å². The number of methoxy groups -OCH3 is 1. The van der Waals surface area contributed by atoms with E-state index in [2.05, 4.69) is 25.3 Å². The van der Waals surface area contributed by atoms with Gasteiger partial charge in [0, 0.05) is 81.4 Å². The molecule has 330 valence electrons. The van der Waals surface area contributed by atoms with E-state index in [0.29, 0.717) is 69.9 Å². The van der Waals surface area contributed by atoms with Crippen LogP contribution in [0.3, 0.4) is 0 Å². The number of β-amino-alcohol motifs (C(OH)–C–C–N with tert-alkyl or cyclic N) is 1. The Morgan fingerprint density at radius 1 is 1.02 bits per heavy atom. The minimum Gasteiger partial charge on any atom is -0.388 e. The van der Waals surface area contributed by atoms with Crippen LogP contribution in [0.5, 0.6) is 0 Å². The number of aromatic nitrogens is 2. The molecule has 2 aromatic carbocycles. The van der Waals surface area contributed by atoms with Crippen molar-refractivity contribution in [1.82, 2.24) is 20.0 Å². The summed E-state index contributed by atoms with van der Waals surface area (Å²) in [5.74, 6) is -3.85. The van der Waals surface area contributed by atoms with Crippen LogP contribution < -0.4 is 25.2 Å². The average molecular weight is 877 g/mol. The first-order valence-corrected chi connectivity index (χ1v) is 21.8. The van der Waals surface area contributed by atoms with Crippen molar-refractivity contribution in [2.75, 3.05) is 48.4 Å². The third-order valence-corrected chi connectivity index (χ3v) is 13.4. The number of rotatable bonds is 11. The molecule has 2 unspecified atom stereocenters. The molecule has 4 atom stereocenters. The Labute approximate surface area is 350 Å². The maximum absolute atomic E-state index is 15.3. The van der Waals surface area contributed by atoms with Crippen molar-refractivity contribution in [3.05, 3.63) is 65.4 Å². The maximum Gasteiger partial charge on any atom is 0.421 e. The highest BCUT2D eigenvalue weighted by Gasteiger charge is 2.40. The molecular formula is C41H49F5N8O6S. The number of aliphatic imine (C=N–C) groups is 1. The number of hydrogen-bond acceptors (Lipinski definition) is 12. The van der Waals surface area contributed by atoms with Crippen molar-refractivity contribution >= 4 is 51.2 Å². The van der Waals surface area contributed by atoms with Crippen LogP contribution in [0.1, 0.15) is 81.8 Å². The van der Waals surface area contributed by atoms with Gasteiger partial charge in [0.05, 0.1) is 28.2 Å². The van der Waals surface area contributed by atoms with E-state index in [4.69, 9.17) is 9.73 Å². The number of aliphatic hydroxyl groups is 1. The van der Waals surface area contributed by atoms with E-state index < -0.39 is 62.7 Å². The van der Waals surface area contributed by atoms with Gasteiger partial charge in [-0.1, -0.05) is 6.07 Å². The SMILES string of the molecule is CO[C@@H]1CN(c2ccc(C3CCC(=O)NC3=O)c(F)c2)CCC1C=NC1CCC(NS(=O)(=O)c2ccc(Nc3ncc(C(F)(F)F)c(N4CCC[C@](C)(O)C4)n3)c(F)c2)CC1.